The lowest BCUT2D eigenvalue weighted by molar-refractivity contribution is -0.298. The van der Waals surface area contributed by atoms with E-state index < -0.39 is 42.6 Å². The number of carbonyl (C=O) groups is 2. The fourth-order valence-corrected chi connectivity index (χ4v) is 2.10. The monoisotopic (exact) mass is 292 g/mol. The van der Waals surface area contributed by atoms with Gasteiger partial charge in [0, 0.05) is 28.1 Å². The van der Waals surface area contributed by atoms with E-state index >= 15 is 0 Å². The molecule has 0 spiro atoms. The summed E-state index contributed by atoms with van der Waals surface area (Å²) in [7, 11) is 2.82. The first kappa shape index (κ1) is 16.8. The van der Waals surface area contributed by atoms with Crippen LogP contribution in [0.1, 0.15) is 13.8 Å². The predicted octanol–water partition coefficient (Wildman–Crippen LogP) is -0.772. The summed E-state index contributed by atoms with van der Waals surface area (Å²) in [5, 5.41) is 9.89. The SMILES string of the molecule is COC1C(OC(C)=O)[C@H](O)OC(COC(C)=O)[C@H]1OC. The molecule has 0 aromatic carbocycles. The van der Waals surface area contributed by atoms with Gasteiger partial charge in [-0.05, 0) is 0 Å². The van der Waals surface area contributed by atoms with Gasteiger partial charge in [0.05, 0.1) is 0 Å². The highest BCUT2D eigenvalue weighted by molar-refractivity contribution is 5.66. The minimum absolute atomic E-state index is 0.0997. The van der Waals surface area contributed by atoms with E-state index in [0.717, 1.165) is 0 Å². The van der Waals surface area contributed by atoms with Gasteiger partial charge >= 0.3 is 11.9 Å². The van der Waals surface area contributed by atoms with Gasteiger partial charge in [0.1, 0.15) is 24.9 Å². The van der Waals surface area contributed by atoms with Crippen molar-refractivity contribution in [2.45, 2.75) is 44.6 Å². The zero-order chi connectivity index (χ0) is 15.3. The zero-order valence-corrected chi connectivity index (χ0v) is 11.9. The molecule has 8 heteroatoms. The number of hydrogen-bond acceptors (Lipinski definition) is 8. The second-order valence-electron chi connectivity index (χ2n) is 4.34. The smallest absolute Gasteiger partial charge is 0.303 e. The minimum Gasteiger partial charge on any atom is -0.463 e. The highest BCUT2D eigenvalue weighted by atomic mass is 16.7. The van der Waals surface area contributed by atoms with E-state index in [-0.39, 0.29) is 6.61 Å². The maximum atomic E-state index is 11.1. The average molecular weight is 292 g/mol. The zero-order valence-electron chi connectivity index (χ0n) is 11.9. The van der Waals surface area contributed by atoms with E-state index in [2.05, 4.69) is 0 Å². The Morgan fingerprint density at radius 1 is 1.05 bits per heavy atom. The Hall–Kier alpha value is -1.22. The summed E-state index contributed by atoms with van der Waals surface area (Å²) in [5.74, 6) is -1.05. The van der Waals surface area contributed by atoms with Gasteiger partial charge < -0.3 is 28.8 Å². The number of esters is 2. The van der Waals surface area contributed by atoms with E-state index in [9.17, 15) is 14.7 Å². The Morgan fingerprint density at radius 3 is 2.10 bits per heavy atom. The molecule has 1 aliphatic rings. The molecule has 0 saturated carbocycles. The number of aliphatic hydroxyl groups excluding tert-OH is 1. The van der Waals surface area contributed by atoms with Gasteiger partial charge in [0.2, 0.25) is 0 Å². The van der Waals surface area contributed by atoms with Crippen molar-refractivity contribution in [1.29, 1.82) is 0 Å². The molecule has 0 bridgehead atoms. The number of ether oxygens (including phenoxy) is 5. The third kappa shape index (κ3) is 4.14. The molecule has 1 N–H and O–H groups in total. The lowest BCUT2D eigenvalue weighted by Gasteiger charge is -2.42. The summed E-state index contributed by atoms with van der Waals surface area (Å²) in [6.07, 6.45) is -4.54. The van der Waals surface area contributed by atoms with Crippen LogP contribution in [0.4, 0.5) is 0 Å². The van der Waals surface area contributed by atoms with Crippen LogP contribution in [0.25, 0.3) is 0 Å². The number of hydrogen-bond donors (Lipinski definition) is 1. The van der Waals surface area contributed by atoms with Crippen LogP contribution in [0.2, 0.25) is 0 Å². The van der Waals surface area contributed by atoms with Crippen LogP contribution in [0.15, 0.2) is 0 Å². The first-order valence-corrected chi connectivity index (χ1v) is 6.10. The summed E-state index contributed by atoms with van der Waals surface area (Å²) in [5.41, 5.74) is 0. The lowest BCUT2D eigenvalue weighted by Crippen LogP contribution is -2.61. The van der Waals surface area contributed by atoms with Gasteiger partial charge in [-0.1, -0.05) is 0 Å². The summed E-state index contributed by atoms with van der Waals surface area (Å²) in [4.78, 5) is 21.9. The topological polar surface area (TPSA) is 101 Å². The molecule has 0 aromatic rings. The molecule has 8 nitrogen and oxygen atoms in total. The van der Waals surface area contributed by atoms with Crippen molar-refractivity contribution in [2.75, 3.05) is 20.8 Å². The molecule has 0 radical (unpaired) electrons. The molecule has 1 aliphatic heterocycles. The second kappa shape index (κ2) is 7.53. The van der Waals surface area contributed by atoms with Crippen LogP contribution in [0.5, 0.6) is 0 Å². The molecule has 0 amide bonds. The van der Waals surface area contributed by atoms with Crippen molar-refractivity contribution in [2.24, 2.45) is 0 Å². The highest BCUT2D eigenvalue weighted by Crippen LogP contribution is 2.26. The van der Waals surface area contributed by atoms with Crippen LogP contribution in [0.3, 0.4) is 0 Å². The Labute approximate surface area is 116 Å². The fraction of sp³-hybridized carbons (Fsp3) is 0.833. The lowest BCUT2D eigenvalue weighted by atomic mass is 9.98. The molecule has 0 aromatic heterocycles. The van der Waals surface area contributed by atoms with Crippen LogP contribution in [0, 0.1) is 0 Å². The molecule has 0 aliphatic carbocycles. The third-order valence-corrected chi connectivity index (χ3v) is 2.91. The quantitative estimate of drug-likeness (QED) is 0.659. The van der Waals surface area contributed by atoms with Gasteiger partial charge in [-0.2, -0.15) is 0 Å². The summed E-state index contributed by atoms with van der Waals surface area (Å²) in [6, 6.07) is 0. The predicted molar refractivity (Wildman–Crippen MR) is 64.7 cm³/mol. The Bertz CT molecular complexity index is 344. The molecule has 3 unspecified atom stereocenters. The largest absolute Gasteiger partial charge is 0.463 e. The molecular weight excluding hydrogens is 272 g/mol. The first-order chi connectivity index (χ1) is 9.40. The van der Waals surface area contributed by atoms with Crippen molar-refractivity contribution < 1.29 is 38.4 Å². The van der Waals surface area contributed by atoms with Crippen LogP contribution >= 0.6 is 0 Å². The van der Waals surface area contributed by atoms with Gasteiger partial charge in [-0.15, -0.1) is 0 Å². The van der Waals surface area contributed by atoms with E-state index in [1.54, 1.807) is 0 Å². The van der Waals surface area contributed by atoms with Gasteiger partial charge in [-0.3, -0.25) is 9.59 Å². The number of aliphatic hydroxyl groups is 1. The van der Waals surface area contributed by atoms with Crippen molar-refractivity contribution in [1.82, 2.24) is 0 Å². The van der Waals surface area contributed by atoms with E-state index in [4.69, 9.17) is 23.7 Å². The molecule has 116 valence electrons. The summed E-state index contributed by atoms with van der Waals surface area (Å²) >= 11 is 0. The van der Waals surface area contributed by atoms with Crippen LogP contribution in [-0.4, -0.2) is 68.6 Å². The normalized spacial score (nSPS) is 33.5. The molecule has 1 fully saturated rings. The molecule has 5 atom stereocenters. The van der Waals surface area contributed by atoms with Gasteiger partial charge in [0.15, 0.2) is 12.4 Å². The highest BCUT2D eigenvalue weighted by Gasteiger charge is 2.48. The maximum Gasteiger partial charge on any atom is 0.303 e. The van der Waals surface area contributed by atoms with Crippen molar-refractivity contribution in [3.05, 3.63) is 0 Å². The second-order valence-corrected chi connectivity index (χ2v) is 4.34. The van der Waals surface area contributed by atoms with E-state index in [0.29, 0.717) is 0 Å². The number of carbonyl (C=O) groups excluding carboxylic acids is 2. The number of rotatable bonds is 5. The van der Waals surface area contributed by atoms with E-state index in [1.165, 1.54) is 28.1 Å². The molecule has 1 heterocycles. The van der Waals surface area contributed by atoms with Gasteiger partial charge in [0.25, 0.3) is 0 Å². The van der Waals surface area contributed by atoms with E-state index in [1.807, 2.05) is 0 Å². The first-order valence-electron chi connectivity index (χ1n) is 6.10. The maximum absolute atomic E-state index is 11.1. The summed E-state index contributed by atoms with van der Waals surface area (Å²) in [6.45, 7) is 2.38. The Balaban J connectivity index is 2.83. The molecule has 1 saturated heterocycles. The number of methoxy groups -OCH3 is 2. The fourth-order valence-electron chi connectivity index (χ4n) is 2.10. The molecule has 20 heavy (non-hydrogen) atoms. The average Bonchev–Trinajstić information content (AvgIpc) is 2.37. The van der Waals surface area contributed by atoms with Crippen molar-refractivity contribution in [3.8, 4) is 0 Å². The van der Waals surface area contributed by atoms with Gasteiger partial charge in [-0.25, -0.2) is 0 Å². The minimum atomic E-state index is -1.39. The third-order valence-electron chi connectivity index (χ3n) is 2.91. The summed E-state index contributed by atoms with van der Waals surface area (Å²) < 4.78 is 25.6. The van der Waals surface area contributed by atoms with Crippen molar-refractivity contribution >= 4 is 11.9 Å². The molecular formula is C12H20O8. The standard InChI is InChI=1S/C12H20O8/c1-6(13)18-5-8-9(16-3)10(17-4)11(12(15)20-8)19-7(2)14/h8-12,15H,5H2,1-4H3/t8?,9-,10?,11?,12-/m1/s1. The Kier molecular flexibility index (Phi) is 6.34. The molecule has 1 rings (SSSR count). The Morgan fingerprint density at radius 2 is 1.65 bits per heavy atom. The van der Waals surface area contributed by atoms with Crippen LogP contribution < -0.4 is 0 Å². The van der Waals surface area contributed by atoms with Crippen LogP contribution in [-0.2, 0) is 33.3 Å². The van der Waals surface area contributed by atoms with Crippen molar-refractivity contribution in [3.63, 3.8) is 0 Å².